The van der Waals surface area contributed by atoms with Crippen LogP contribution in [0.25, 0.3) is 27.8 Å². The molecule has 0 aliphatic heterocycles. The number of para-hydroxylation sites is 1. The van der Waals surface area contributed by atoms with Gasteiger partial charge in [0, 0.05) is 11.1 Å². The molecule has 3 heterocycles. The summed E-state index contributed by atoms with van der Waals surface area (Å²) in [5.41, 5.74) is 2.13. The summed E-state index contributed by atoms with van der Waals surface area (Å²) in [4.78, 5) is 29.4. The van der Waals surface area contributed by atoms with Crippen LogP contribution in [0.4, 0.5) is 5.69 Å². The third-order valence-corrected chi connectivity index (χ3v) is 4.43. The van der Waals surface area contributed by atoms with E-state index in [1.807, 2.05) is 18.2 Å². The molecule has 0 spiro atoms. The number of hydrogen-bond acceptors (Lipinski definition) is 7. The van der Waals surface area contributed by atoms with Crippen molar-refractivity contribution in [1.82, 2.24) is 29.8 Å². The fraction of sp³-hybridized carbons (Fsp3) is 0.0526. The SMILES string of the molecule is O=C(Cn1cnc2c(oc3ccccc32)c1=O)Nc1ccc(-n2cnnn2)cc1. The van der Waals surface area contributed by atoms with Gasteiger partial charge in [0.2, 0.25) is 11.5 Å². The fourth-order valence-electron chi connectivity index (χ4n) is 3.06. The van der Waals surface area contributed by atoms with E-state index < -0.39 is 5.56 Å². The van der Waals surface area contributed by atoms with E-state index in [2.05, 4.69) is 25.8 Å². The van der Waals surface area contributed by atoms with Crippen LogP contribution in [0.1, 0.15) is 0 Å². The molecule has 0 saturated carbocycles. The van der Waals surface area contributed by atoms with E-state index in [1.54, 1.807) is 30.3 Å². The number of anilines is 1. The van der Waals surface area contributed by atoms with E-state index in [0.717, 1.165) is 11.1 Å². The number of tetrazole rings is 1. The lowest BCUT2D eigenvalue weighted by Crippen LogP contribution is -2.27. The van der Waals surface area contributed by atoms with E-state index in [0.29, 0.717) is 16.8 Å². The van der Waals surface area contributed by atoms with Crippen molar-refractivity contribution >= 4 is 33.7 Å². The second-order valence-corrected chi connectivity index (χ2v) is 6.30. The smallest absolute Gasteiger partial charge is 0.297 e. The maximum Gasteiger partial charge on any atom is 0.297 e. The zero-order chi connectivity index (χ0) is 19.8. The van der Waals surface area contributed by atoms with Gasteiger partial charge in [0.1, 0.15) is 24.0 Å². The molecule has 10 nitrogen and oxygen atoms in total. The molecule has 5 aromatic rings. The molecule has 0 saturated heterocycles. The van der Waals surface area contributed by atoms with Crippen LogP contribution in [0.3, 0.4) is 0 Å². The zero-order valence-electron chi connectivity index (χ0n) is 14.9. The second kappa shape index (κ2) is 6.68. The van der Waals surface area contributed by atoms with Gasteiger partial charge in [-0.15, -0.1) is 5.10 Å². The van der Waals surface area contributed by atoms with E-state index in [1.165, 1.54) is 21.9 Å². The molecule has 5 rings (SSSR count). The van der Waals surface area contributed by atoms with Gasteiger partial charge in [0.05, 0.1) is 12.0 Å². The summed E-state index contributed by atoms with van der Waals surface area (Å²) in [6.45, 7) is -0.187. The van der Waals surface area contributed by atoms with Crippen molar-refractivity contribution in [3.05, 3.63) is 71.5 Å². The van der Waals surface area contributed by atoms with Gasteiger partial charge in [-0.1, -0.05) is 12.1 Å². The lowest BCUT2D eigenvalue weighted by Gasteiger charge is -2.07. The molecule has 29 heavy (non-hydrogen) atoms. The monoisotopic (exact) mass is 387 g/mol. The number of benzene rings is 2. The number of carbonyl (C=O) groups excluding carboxylic acids is 1. The van der Waals surface area contributed by atoms with E-state index >= 15 is 0 Å². The van der Waals surface area contributed by atoms with Crippen LogP contribution in [0.5, 0.6) is 0 Å². The Balaban J connectivity index is 1.36. The lowest BCUT2D eigenvalue weighted by atomic mass is 10.2. The molecular formula is C19H13N7O3. The molecule has 1 amide bonds. The highest BCUT2D eigenvalue weighted by Crippen LogP contribution is 2.24. The van der Waals surface area contributed by atoms with Crippen molar-refractivity contribution in [1.29, 1.82) is 0 Å². The highest BCUT2D eigenvalue weighted by Gasteiger charge is 2.14. The molecule has 3 aromatic heterocycles. The number of aromatic nitrogens is 6. The van der Waals surface area contributed by atoms with Gasteiger partial charge in [0.15, 0.2) is 0 Å². The summed E-state index contributed by atoms with van der Waals surface area (Å²) in [5, 5.41) is 14.5. The number of nitrogens with zero attached hydrogens (tertiary/aromatic N) is 6. The van der Waals surface area contributed by atoms with Crippen LogP contribution in [0.15, 0.2) is 70.4 Å². The quantitative estimate of drug-likeness (QED) is 0.499. The zero-order valence-corrected chi connectivity index (χ0v) is 14.9. The minimum absolute atomic E-state index is 0.132. The predicted octanol–water partition coefficient (Wildman–Crippen LogP) is 1.76. The molecule has 2 aromatic carbocycles. The van der Waals surface area contributed by atoms with Gasteiger partial charge < -0.3 is 9.73 Å². The van der Waals surface area contributed by atoms with Crippen molar-refractivity contribution in [3.8, 4) is 5.69 Å². The van der Waals surface area contributed by atoms with E-state index in [9.17, 15) is 9.59 Å². The van der Waals surface area contributed by atoms with Gasteiger partial charge in [-0.3, -0.25) is 14.2 Å². The molecule has 0 aliphatic rings. The van der Waals surface area contributed by atoms with Crippen LogP contribution in [-0.4, -0.2) is 35.7 Å². The third-order valence-electron chi connectivity index (χ3n) is 4.43. The molecule has 0 unspecified atom stereocenters. The topological polar surface area (TPSA) is 121 Å². The van der Waals surface area contributed by atoms with Crippen molar-refractivity contribution < 1.29 is 9.21 Å². The maximum atomic E-state index is 12.7. The summed E-state index contributed by atoms with van der Waals surface area (Å²) in [6.07, 6.45) is 2.83. The lowest BCUT2D eigenvalue weighted by molar-refractivity contribution is -0.116. The largest absolute Gasteiger partial charge is 0.448 e. The molecule has 0 bridgehead atoms. The number of furan rings is 1. The second-order valence-electron chi connectivity index (χ2n) is 6.30. The Bertz CT molecular complexity index is 1390. The van der Waals surface area contributed by atoms with Crippen molar-refractivity contribution in [2.45, 2.75) is 6.54 Å². The summed E-state index contributed by atoms with van der Waals surface area (Å²) in [6, 6.07) is 14.2. The first-order valence-electron chi connectivity index (χ1n) is 8.69. The van der Waals surface area contributed by atoms with Crippen molar-refractivity contribution in [3.63, 3.8) is 0 Å². The first-order chi connectivity index (χ1) is 14.2. The van der Waals surface area contributed by atoms with Gasteiger partial charge in [-0.2, -0.15) is 0 Å². The average Bonchev–Trinajstić information content (AvgIpc) is 3.39. The fourth-order valence-corrected chi connectivity index (χ4v) is 3.06. The standard InChI is InChI=1S/C19H13N7O3/c27-16(22-12-5-7-13(8-6-12)26-11-21-23-24-26)9-25-10-20-17-14-3-1-2-4-15(14)29-18(17)19(25)28/h1-8,10-11H,9H2,(H,22,27). The molecule has 1 N–H and O–H groups in total. The Morgan fingerprint density at radius 3 is 2.69 bits per heavy atom. The van der Waals surface area contributed by atoms with Gasteiger partial charge in [-0.25, -0.2) is 9.67 Å². The average molecular weight is 387 g/mol. The number of nitrogens with one attached hydrogen (secondary N) is 1. The number of hydrogen-bond donors (Lipinski definition) is 1. The normalized spacial score (nSPS) is 11.2. The molecule has 0 atom stereocenters. The first-order valence-corrected chi connectivity index (χ1v) is 8.69. The molecular weight excluding hydrogens is 374 g/mol. The number of amides is 1. The Morgan fingerprint density at radius 1 is 1.07 bits per heavy atom. The Morgan fingerprint density at radius 2 is 1.90 bits per heavy atom. The van der Waals surface area contributed by atoms with Crippen molar-refractivity contribution in [2.24, 2.45) is 0 Å². The number of fused-ring (bicyclic) bond motifs is 3. The summed E-state index contributed by atoms with van der Waals surface area (Å²) < 4.78 is 8.34. The molecule has 0 radical (unpaired) electrons. The third kappa shape index (κ3) is 3.02. The van der Waals surface area contributed by atoms with Gasteiger partial charge in [-0.05, 0) is 46.8 Å². The van der Waals surface area contributed by atoms with E-state index in [4.69, 9.17) is 4.42 Å². The highest BCUT2D eigenvalue weighted by atomic mass is 16.3. The van der Waals surface area contributed by atoms with Crippen LogP contribution in [0.2, 0.25) is 0 Å². The summed E-state index contributed by atoms with van der Waals surface area (Å²) in [5.74, 6) is -0.362. The predicted molar refractivity (Wildman–Crippen MR) is 104 cm³/mol. The summed E-state index contributed by atoms with van der Waals surface area (Å²) >= 11 is 0. The highest BCUT2D eigenvalue weighted by molar-refractivity contribution is 6.01. The molecule has 0 fully saturated rings. The van der Waals surface area contributed by atoms with Gasteiger partial charge >= 0.3 is 0 Å². The Kier molecular flexibility index (Phi) is 3.87. The van der Waals surface area contributed by atoms with Crippen LogP contribution in [0, 0.1) is 0 Å². The minimum atomic E-state index is -0.407. The van der Waals surface area contributed by atoms with Crippen LogP contribution in [-0.2, 0) is 11.3 Å². The van der Waals surface area contributed by atoms with Gasteiger partial charge in [0.25, 0.3) is 5.56 Å². The van der Waals surface area contributed by atoms with E-state index in [-0.39, 0.29) is 18.0 Å². The minimum Gasteiger partial charge on any atom is -0.448 e. The van der Waals surface area contributed by atoms with Crippen molar-refractivity contribution in [2.75, 3.05) is 5.32 Å². The molecule has 10 heteroatoms. The summed E-state index contributed by atoms with van der Waals surface area (Å²) in [7, 11) is 0. The maximum absolute atomic E-state index is 12.7. The molecule has 0 aliphatic carbocycles. The first kappa shape index (κ1) is 16.8. The number of rotatable bonds is 4. The Labute approximate surface area is 162 Å². The molecule has 142 valence electrons. The van der Waals surface area contributed by atoms with Crippen LogP contribution >= 0.6 is 0 Å². The van der Waals surface area contributed by atoms with Crippen LogP contribution < -0.4 is 10.9 Å². The Hall–Kier alpha value is -4.34. The number of carbonyl (C=O) groups is 1.